The van der Waals surface area contributed by atoms with Gasteiger partial charge in [0, 0.05) is 32.0 Å². The Labute approximate surface area is 121 Å². The minimum absolute atomic E-state index is 0.0154. The number of nitrogens with one attached hydrogen (secondary N) is 1. The Balaban J connectivity index is 2.43. The average Bonchev–Trinajstić information content (AvgIpc) is 2.35. The van der Waals surface area contributed by atoms with Gasteiger partial charge in [-0.1, -0.05) is 0 Å². The van der Waals surface area contributed by atoms with Crippen molar-refractivity contribution in [1.29, 1.82) is 0 Å². The molecule has 0 saturated carbocycles. The first-order chi connectivity index (χ1) is 9.19. The van der Waals surface area contributed by atoms with Gasteiger partial charge in [0.15, 0.2) is 5.60 Å². The highest BCUT2D eigenvalue weighted by molar-refractivity contribution is 7.98. The van der Waals surface area contributed by atoms with E-state index in [1.807, 2.05) is 13.2 Å². The third kappa shape index (κ3) is 4.44. The number of piperidine rings is 1. The van der Waals surface area contributed by atoms with Gasteiger partial charge >= 0.3 is 12.2 Å². The predicted octanol–water partition coefficient (Wildman–Crippen LogP) is 2.23. The van der Waals surface area contributed by atoms with Crippen LogP contribution in [0.2, 0.25) is 0 Å². The second-order valence-electron chi connectivity index (χ2n) is 5.15. The van der Waals surface area contributed by atoms with Crippen molar-refractivity contribution in [2.24, 2.45) is 0 Å². The van der Waals surface area contributed by atoms with Gasteiger partial charge in [0.25, 0.3) is 0 Å². The van der Waals surface area contributed by atoms with E-state index in [9.17, 15) is 23.1 Å². The smallest absolute Gasteiger partial charge is 0.380 e. The summed E-state index contributed by atoms with van der Waals surface area (Å²) < 4.78 is 37.9. The summed E-state index contributed by atoms with van der Waals surface area (Å²) in [5, 5.41) is 12.3. The van der Waals surface area contributed by atoms with Crippen LogP contribution < -0.4 is 5.32 Å². The number of hydrogen-bond donors (Lipinski definition) is 2. The fraction of sp³-hybridized carbons (Fsp3) is 0.917. The molecular formula is C12H21F3N2O2S. The minimum Gasteiger partial charge on any atom is -0.380 e. The van der Waals surface area contributed by atoms with E-state index in [2.05, 4.69) is 5.32 Å². The fourth-order valence-electron chi connectivity index (χ4n) is 2.03. The van der Waals surface area contributed by atoms with Crippen LogP contribution in [0.4, 0.5) is 18.0 Å². The number of likely N-dealkylation sites (tertiary alicyclic amines) is 1. The van der Waals surface area contributed by atoms with E-state index in [-0.39, 0.29) is 25.2 Å². The second kappa shape index (κ2) is 6.89. The van der Waals surface area contributed by atoms with E-state index < -0.39 is 24.6 Å². The van der Waals surface area contributed by atoms with Crippen molar-refractivity contribution in [2.75, 3.05) is 25.1 Å². The molecule has 2 N–H and O–H groups in total. The predicted molar refractivity (Wildman–Crippen MR) is 72.8 cm³/mol. The van der Waals surface area contributed by atoms with Gasteiger partial charge in [0.2, 0.25) is 0 Å². The number of nitrogens with zero attached hydrogens (tertiary/aromatic N) is 1. The van der Waals surface area contributed by atoms with Gasteiger partial charge in [-0.2, -0.15) is 24.9 Å². The largest absolute Gasteiger partial charge is 0.417 e. The van der Waals surface area contributed by atoms with Crippen molar-refractivity contribution in [2.45, 2.75) is 44.0 Å². The molecule has 20 heavy (non-hydrogen) atoms. The monoisotopic (exact) mass is 314 g/mol. The number of alkyl halides is 3. The summed E-state index contributed by atoms with van der Waals surface area (Å²) in [6, 6.07) is -0.374. The molecule has 0 radical (unpaired) electrons. The van der Waals surface area contributed by atoms with E-state index >= 15 is 0 Å². The van der Waals surface area contributed by atoms with Crippen molar-refractivity contribution < 1.29 is 23.1 Å². The summed E-state index contributed by atoms with van der Waals surface area (Å²) in [5.41, 5.74) is -2.66. The van der Waals surface area contributed by atoms with Crippen LogP contribution in [0.3, 0.4) is 0 Å². The Morgan fingerprint density at radius 3 is 2.45 bits per heavy atom. The Kier molecular flexibility index (Phi) is 6.00. The fourth-order valence-corrected chi connectivity index (χ4v) is 2.62. The lowest BCUT2D eigenvalue weighted by Gasteiger charge is -2.39. The summed E-state index contributed by atoms with van der Waals surface area (Å²) >= 11 is 1.67. The molecule has 0 aromatic carbocycles. The molecular weight excluding hydrogens is 293 g/mol. The van der Waals surface area contributed by atoms with E-state index in [4.69, 9.17) is 0 Å². The number of rotatable bonds is 4. The lowest BCUT2D eigenvalue weighted by molar-refractivity contribution is -0.271. The van der Waals surface area contributed by atoms with Gasteiger partial charge < -0.3 is 15.3 Å². The van der Waals surface area contributed by atoms with Crippen LogP contribution in [-0.4, -0.2) is 59.0 Å². The Morgan fingerprint density at radius 2 is 2.00 bits per heavy atom. The van der Waals surface area contributed by atoms with Gasteiger partial charge in [0.1, 0.15) is 0 Å². The molecule has 1 rings (SSSR count). The molecule has 0 aliphatic carbocycles. The Hall–Kier alpha value is -0.630. The first-order valence-corrected chi connectivity index (χ1v) is 7.92. The molecule has 0 spiro atoms. The van der Waals surface area contributed by atoms with Crippen LogP contribution in [0.5, 0.6) is 0 Å². The average molecular weight is 314 g/mol. The summed E-state index contributed by atoms with van der Waals surface area (Å²) in [6.07, 6.45) is -2.79. The van der Waals surface area contributed by atoms with Crippen molar-refractivity contribution in [3.63, 3.8) is 0 Å². The van der Waals surface area contributed by atoms with Crippen LogP contribution in [-0.2, 0) is 0 Å². The number of amides is 2. The number of thioether (sulfide) groups is 1. The van der Waals surface area contributed by atoms with Gasteiger partial charge in [-0.15, -0.1) is 0 Å². The molecule has 0 bridgehead atoms. The molecule has 118 valence electrons. The number of aliphatic hydroxyl groups is 1. The number of carbonyl (C=O) groups is 1. The lowest BCUT2D eigenvalue weighted by atomic mass is 9.91. The topological polar surface area (TPSA) is 52.6 Å². The van der Waals surface area contributed by atoms with Crippen molar-refractivity contribution in [3.8, 4) is 0 Å². The van der Waals surface area contributed by atoms with Crippen LogP contribution >= 0.6 is 11.8 Å². The highest BCUT2D eigenvalue weighted by Crippen LogP contribution is 2.38. The minimum atomic E-state index is -4.64. The molecule has 0 unspecified atom stereocenters. The maximum absolute atomic E-state index is 12.6. The summed E-state index contributed by atoms with van der Waals surface area (Å²) in [5.74, 6) is 0.912. The van der Waals surface area contributed by atoms with Crippen LogP contribution in [0.1, 0.15) is 26.2 Å². The van der Waals surface area contributed by atoms with Gasteiger partial charge in [-0.25, -0.2) is 4.79 Å². The number of carbonyl (C=O) groups excluding carboxylic acids is 1. The maximum Gasteiger partial charge on any atom is 0.417 e. The first kappa shape index (κ1) is 17.4. The third-order valence-corrected chi connectivity index (χ3v) is 4.17. The Morgan fingerprint density at radius 1 is 1.45 bits per heavy atom. The molecule has 2 amide bonds. The van der Waals surface area contributed by atoms with Crippen molar-refractivity contribution in [1.82, 2.24) is 10.2 Å². The van der Waals surface area contributed by atoms with Crippen molar-refractivity contribution in [3.05, 3.63) is 0 Å². The molecule has 1 aliphatic heterocycles. The molecule has 0 aromatic rings. The third-order valence-electron chi connectivity index (χ3n) is 3.53. The quantitative estimate of drug-likeness (QED) is 0.837. The van der Waals surface area contributed by atoms with Crippen molar-refractivity contribution >= 4 is 17.8 Å². The van der Waals surface area contributed by atoms with E-state index in [1.54, 1.807) is 11.8 Å². The Bertz CT molecular complexity index is 331. The zero-order valence-corrected chi connectivity index (χ0v) is 12.5. The molecule has 1 saturated heterocycles. The van der Waals surface area contributed by atoms with Crippen LogP contribution in [0.15, 0.2) is 0 Å². The van der Waals surface area contributed by atoms with Crippen LogP contribution in [0, 0.1) is 0 Å². The first-order valence-electron chi connectivity index (χ1n) is 6.53. The van der Waals surface area contributed by atoms with E-state index in [0.717, 1.165) is 12.2 Å². The molecule has 1 fully saturated rings. The molecule has 1 aliphatic rings. The lowest BCUT2D eigenvalue weighted by Crippen LogP contribution is -2.56. The molecule has 1 atom stereocenters. The van der Waals surface area contributed by atoms with E-state index in [0.29, 0.717) is 0 Å². The van der Waals surface area contributed by atoms with Gasteiger partial charge in [-0.05, 0) is 25.4 Å². The zero-order valence-electron chi connectivity index (χ0n) is 11.7. The second-order valence-corrected chi connectivity index (χ2v) is 6.13. The van der Waals surface area contributed by atoms with Gasteiger partial charge in [0.05, 0.1) is 0 Å². The molecule has 0 aromatic heterocycles. The molecule has 4 nitrogen and oxygen atoms in total. The zero-order chi connectivity index (χ0) is 15.4. The van der Waals surface area contributed by atoms with Gasteiger partial charge in [-0.3, -0.25) is 0 Å². The normalized spacial score (nSPS) is 20.6. The highest BCUT2D eigenvalue weighted by atomic mass is 32.2. The molecule has 1 heterocycles. The standard InChI is InChI=1S/C12H21F3N2O2S/c1-9(3-8-20-2)16-10(18)17-6-4-11(19,5-7-17)12(13,14)15/h9,19H,3-8H2,1-2H3,(H,16,18)/t9-/m1/s1. The molecule has 8 heteroatoms. The van der Waals surface area contributed by atoms with Crippen LogP contribution in [0.25, 0.3) is 0 Å². The summed E-state index contributed by atoms with van der Waals surface area (Å²) in [4.78, 5) is 13.2. The SMILES string of the molecule is CSCC[C@@H](C)NC(=O)N1CCC(O)(C(F)(F)F)CC1. The number of halogens is 3. The summed E-state index contributed by atoms with van der Waals surface area (Å²) in [7, 11) is 0. The number of hydrogen-bond acceptors (Lipinski definition) is 3. The maximum atomic E-state index is 12.6. The van der Waals surface area contributed by atoms with E-state index in [1.165, 1.54) is 4.90 Å². The highest BCUT2D eigenvalue weighted by Gasteiger charge is 2.54. The summed E-state index contributed by atoms with van der Waals surface area (Å²) in [6.45, 7) is 1.69. The number of urea groups is 1.